The Morgan fingerprint density at radius 1 is 1.21 bits per heavy atom. The van der Waals surface area contributed by atoms with Crippen molar-refractivity contribution in [3.05, 3.63) is 23.8 Å². The van der Waals surface area contributed by atoms with E-state index in [1.54, 1.807) is 18.2 Å². The van der Waals surface area contributed by atoms with Gasteiger partial charge in [-0.2, -0.15) is 0 Å². The predicted molar refractivity (Wildman–Crippen MR) is 86.1 cm³/mol. The van der Waals surface area contributed by atoms with E-state index in [9.17, 15) is 14.4 Å². The molecule has 1 aromatic carbocycles. The van der Waals surface area contributed by atoms with Crippen molar-refractivity contribution in [2.75, 3.05) is 14.2 Å². The average molecular weight is 334 g/mol. The molecule has 2 unspecified atom stereocenters. The molecular formula is C18H22O6. The summed E-state index contributed by atoms with van der Waals surface area (Å²) in [5, 5.41) is 0. The number of benzene rings is 1. The zero-order valence-electron chi connectivity index (χ0n) is 14.3. The van der Waals surface area contributed by atoms with Crippen LogP contribution in [0.1, 0.15) is 25.8 Å². The normalized spacial score (nSPS) is 20.2. The minimum Gasteiger partial charge on any atom is -0.497 e. The highest BCUT2D eigenvalue weighted by molar-refractivity contribution is 6.22. The van der Waals surface area contributed by atoms with Crippen LogP contribution >= 0.6 is 0 Å². The van der Waals surface area contributed by atoms with Crippen molar-refractivity contribution in [3.8, 4) is 11.5 Å². The summed E-state index contributed by atoms with van der Waals surface area (Å²) >= 11 is 0. The molecule has 1 fully saturated rings. The van der Waals surface area contributed by atoms with Gasteiger partial charge >= 0.3 is 5.97 Å². The second kappa shape index (κ2) is 7.47. The van der Waals surface area contributed by atoms with Gasteiger partial charge in [0.05, 0.1) is 14.2 Å². The molecule has 1 heterocycles. The fraction of sp³-hybridized carbons (Fsp3) is 0.500. The highest BCUT2D eigenvalue weighted by Gasteiger charge is 2.47. The van der Waals surface area contributed by atoms with Crippen LogP contribution in [-0.2, 0) is 25.5 Å². The Morgan fingerprint density at radius 3 is 2.50 bits per heavy atom. The van der Waals surface area contributed by atoms with Gasteiger partial charge in [0.25, 0.3) is 0 Å². The van der Waals surface area contributed by atoms with Gasteiger partial charge < -0.3 is 14.2 Å². The van der Waals surface area contributed by atoms with Gasteiger partial charge in [-0.15, -0.1) is 0 Å². The van der Waals surface area contributed by atoms with E-state index in [2.05, 4.69) is 0 Å². The van der Waals surface area contributed by atoms with Crippen LogP contribution in [-0.4, -0.2) is 37.9 Å². The Labute approximate surface area is 141 Å². The number of rotatable bonds is 7. The van der Waals surface area contributed by atoms with E-state index in [-0.39, 0.29) is 12.3 Å². The van der Waals surface area contributed by atoms with Crippen LogP contribution in [0.3, 0.4) is 0 Å². The van der Waals surface area contributed by atoms with Gasteiger partial charge in [-0.3, -0.25) is 14.4 Å². The third-order valence-corrected chi connectivity index (χ3v) is 3.96. The van der Waals surface area contributed by atoms with Crippen LogP contribution in [0.25, 0.3) is 0 Å². The maximum atomic E-state index is 12.5. The fourth-order valence-corrected chi connectivity index (χ4v) is 2.74. The van der Waals surface area contributed by atoms with Gasteiger partial charge in [-0.25, -0.2) is 0 Å². The molecule has 2 rings (SSSR count). The quantitative estimate of drug-likeness (QED) is 0.560. The molecule has 6 nitrogen and oxygen atoms in total. The molecular weight excluding hydrogens is 312 g/mol. The fourth-order valence-electron chi connectivity index (χ4n) is 2.74. The molecule has 0 N–H and O–H groups in total. The van der Waals surface area contributed by atoms with E-state index < -0.39 is 29.6 Å². The number of carbonyl (C=O) groups excluding carboxylic acids is 3. The van der Waals surface area contributed by atoms with E-state index in [1.807, 2.05) is 13.8 Å². The van der Waals surface area contributed by atoms with Crippen molar-refractivity contribution in [1.82, 2.24) is 0 Å². The molecule has 1 aliphatic heterocycles. The van der Waals surface area contributed by atoms with E-state index in [4.69, 9.17) is 14.2 Å². The topological polar surface area (TPSA) is 78.9 Å². The first kappa shape index (κ1) is 18.0. The summed E-state index contributed by atoms with van der Waals surface area (Å²) in [5.74, 6) is -1.73. The summed E-state index contributed by atoms with van der Waals surface area (Å²) in [4.78, 5) is 36.7. The molecule has 0 spiro atoms. The molecule has 0 bridgehead atoms. The molecule has 0 aliphatic carbocycles. The van der Waals surface area contributed by atoms with Gasteiger partial charge in [-0.05, 0) is 18.4 Å². The van der Waals surface area contributed by atoms with Crippen LogP contribution in [0.2, 0.25) is 0 Å². The van der Waals surface area contributed by atoms with Crippen molar-refractivity contribution in [3.63, 3.8) is 0 Å². The predicted octanol–water partition coefficient (Wildman–Crippen LogP) is 1.97. The SMILES string of the molecule is COc1ccc(CC(=O)C2C(=O)OC(CC(C)C)C2=O)c(OC)c1. The Bertz CT molecular complexity index is 649. The molecule has 2 atom stereocenters. The summed E-state index contributed by atoms with van der Waals surface area (Å²) in [7, 11) is 3.01. The Morgan fingerprint density at radius 2 is 1.92 bits per heavy atom. The molecule has 0 saturated carbocycles. The number of methoxy groups -OCH3 is 2. The monoisotopic (exact) mass is 334 g/mol. The molecule has 0 amide bonds. The summed E-state index contributed by atoms with van der Waals surface area (Å²) in [6.07, 6.45) is -0.461. The number of Topliss-reactive ketones (excluding diaryl/α,β-unsaturated/α-hetero) is 2. The van der Waals surface area contributed by atoms with E-state index in [0.717, 1.165) is 0 Å². The number of hydrogen-bond acceptors (Lipinski definition) is 6. The van der Waals surface area contributed by atoms with E-state index >= 15 is 0 Å². The van der Waals surface area contributed by atoms with Crippen LogP contribution in [0.5, 0.6) is 11.5 Å². The summed E-state index contributed by atoms with van der Waals surface area (Å²) in [5.41, 5.74) is 0.594. The lowest BCUT2D eigenvalue weighted by Gasteiger charge is -2.11. The number of cyclic esters (lactones) is 1. The van der Waals surface area contributed by atoms with Gasteiger partial charge in [-0.1, -0.05) is 19.9 Å². The average Bonchev–Trinajstić information content (AvgIpc) is 2.81. The first-order valence-electron chi connectivity index (χ1n) is 7.85. The minimum absolute atomic E-state index is 0.0763. The lowest BCUT2D eigenvalue weighted by Crippen LogP contribution is -2.29. The number of hydrogen-bond donors (Lipinski definition) is 0. The van der Waals surface area contributed by atoms with Gasteiger partial charge in [0, 0.05) is 18.1 Å². The van der Waals surface area contributed by atoms with Crippen LogP contribution in [0, 0.1) is 11.8 Å². The van der Waals surface area contributed by atoms with Gasteiger partial charge in [0.2, 0.25) is 0 Å². The van der Waals surface area contributed by atoms with Crippen LogP contribution in [0.15, 0.2) is 18.2 Å². The summed E-state index contributed by atoms with van der Waals surface area (Å²) in [6, 6.07) is 5.03. The molecule has 1 saturated heterocycles. The third-order valence-electron chi connectivity index (χ3n) is 3.96. The minimum atomic E-state index is -1.33. The number of ketones is 2. The van der Waals surface area contributed by atoms with Crippen molar-refractivity contribution in [2.24, 2.45) is 11.8 Å². The van der Waals surface area contributed by atoms with Crippen molar-refractivity contribution >= 4 is 17.5 Å². The first-order chi connectivity index (χ1) is 11.4. The third kappa shape index (κ3) is 3.75. The summed E-state index contributed by atoms with van der Waals surface area (Å²) < 4.78 is 15.4. The van der Waals surface area contributed by atoms with Crippen LogP contribution in [0.4, 0.5) is 0 Å². The Hall–Kier alpha value is -2.37. The molecule has 6 heteroatoms. The number of carbonyl (C=O) groups is 3. The van der Waals surface area contributed by atoms with Crippen molar-refractivity contribution < 1.29 is 28.6 Å². The summed E-state index contributed by atoms with van der Waals surface area (Å²) in [6.45, 7) is 3.86. The molecule has 0 aromatic heterocycles. The lowest BCUT2D eigenvalue weighted by atomic mass is 9.91. The molecule has 1 aliphatic rings. The van der Waals surface area contributed by atoms with Crippen molar-refractivity contribution in [2.45, 2.75) is 32.8 Å². The molecule has 130 valence electrons. The number of esters is 1. The van der Waals surface area contributed by atoms with E-state index in [0.29, 0.717) is 23.5 Å². The van der Waals surface area contributed by atoms with E-state index in [1.165, 1.54) is 14.2 Å². The second-order valence-corrected chi connectivity index (χ2v) is 6.21. The van der Waals surface area contributed by atoms with Crippen LogP contribution < -0.4 is 9.47 Å². The molecule has 24 heavy (non-hydrogen) atoms. The maximum Gasteiger partial charge on any atom is 0.325 e. The maximum absolute atomic E-state index is 12.5. The molecule has 1 aromatic rings. The van der Waals surface area contributed by atoms with Crippen molar-refractivity contribution in [1.29, 1.82) is 0 Å². The Kier molecular flexibility index (Phi) is 5.59. The Balaban J connectivity index is 2.15. The highest BCUT2D eigenvalue weighted by atomic mass is 16.6. The van der Waals surface area contributed by atoms with Gasteiger partial charge in [0.15, 0.2) is 23.6 Å². The standard InChI is InChI=1S/C18H22O6/c1-10(2)7-15-17(20)16(18(21)24-15)13(19)8-11-5-6-12(22-3)9-14(11)23-4/h5-6,9-10,15-16H,7-8H2,1-4H3. The lowest BCUT2D eigenvalue weighted by molar-refractivity contribution is -0.147. The zero-order valence-corrected chi connectivity index (χ0v) is 14.3. The largest absolute Gasteiger partial charge is 0.497 e. The zero-order chi connectivity index (χ0) is 17.9. The number of ether oxygens (including phenoxy) is 3. The molecule has 0 radical (unpaired) electrons. The first-order valence-corrected chi connectivity index (χ1v) is 7.85. The smallest absolute Gasteiger partial charge is 0.325 e. The second-order valence-electron chi connectivity index (χ2n) is 6.21. The van der Waals surface area contributed by atoms with Gasteiger partial charge in [0.1, 0.15) is 11.5 Å². The highest BCUT2D eigenvalue weighted by Crippen LogP contribution is 2.28.